The van der Waals surface area contributed by atoms with Crippen LogP contribution >= 0.6 is 0 Å². The van der Waals surface area contributed by atoms with Crippen molar-refractivity contribution in [3.05, 3.63) is 0 Å². The fourth-order valence-electron chi connectivity index (χ4n) is 2.84. The van der Waals surface area contributed by atoms with E-state index in [0.717, 1.165) is 39.0 Å². The van der Waals surface area contributed by atoms with E-state index in [2.05, 4.69) is 4.90 Å². The fourth-order valence-corrected chi connectivity index (χ4v) is 2.84. The van der Waals surface area contributed by atoms with Gasteiger partial charge in [0.25, 0.3) is 0 Å². The number of carboxylic acid groups (broad SMARTS) is 1. The highest BCUT2D eigenvalue weighted by molar-refractivity contribution is 5.66. The topological polar surface area (TPSA) is 59.0 Å². The van der Waals surface area contributed by atoms with E-state index in [4.69, 9.17) is 14.6 Å². The van der Waals surface area contributed by atoms with Gasteiger partial charge in [0.15, 0.2) is 0 Å². The van der Waals surface area contributed by atoms with Crippen LogP contribution in [0.15, 0.2) is 0 Å². The predicted molar refractivity (Wildman–Crippen MR) is 62.0 cm³/mol. The summed E-state index contributed by atoms with van der Waals surface area (Å²) in [5.41, 5.74) is -0.0859. The number of aliphatic carboxylic acids is 1. The maximum absolute atomic E-state index is 10.5. The van der Waals surface area contributed by atoms with Crippen molar-refractivity contribution in [3.8, 4) is 0 Å². The normalized spacial score (nSPS) is 34.3. The largest absolute Gasteiger partial charge is 0.481 e. The van der Waals surface area contributed by atoms with Crippen molar-refractivity contribution in [3.63, 3.8) is 0 Å². The van der Waals surface area contributed by atoms with Gasteiger partial charge >= 0.3 is 5.97 Å². The molecular weight excluding hydrogens is 222 g/mol. The van der Waals surface area contributed by atoms with Gasteiger partial charge in [-0.2, -0.15) is 0 Å². The van der Waals surface area contributed by atoms with Gasteiger partial charge in [-0.05, 0) is 12.8 Å². The van der Waals surface area contributed by atoms with Crippen molar-refractivity contribution >= 4 is 5.97 Å². The first-order chi connectivity index (χ1) is 8.13. The summed E-state index contributed by atoms with van der Waals surface area (Å²) in [4.78, 5) is 12.7. The highest BCUT2D eigenvalue weighted by Gasteiger charge is 2.43. The van der Waals surface area contributed by atoms with E-state index in [1.54, 1.807) is 7.11 Å². The predicted octanol–water partition coefficient (Wildman–Crippen LogP) is 0.731. The van der Waals surface area contributed by atoms with E-state index < -0.39 is 5.97 Å². The second kappa shape index (κ2) is 5.33. The third kappa shape index (κ3) is 3.18. The average molecular weight is 243 g/mol. The smallest absolute Gasteiger partial charge is 0.304 e. The van der Waals surface area contributed by atoms with Gasteiger partial charge in [0.1, 0.15) is 0 Å². The van der Waals surface area contributed by atoms with E-state index in [1.165, 1.54) is 0 Å². The highest BCUT2D eigenvalue weighted by atomic mass is 16.5. The number of hydrogen-bond donors (Lipinski definition) is 1. The number of hydrogen-bond acceptors (Lipinski definition) is 4. The third-order valence-electron chi connectivity index (χ3n) is 3.82. The molecule has 2 heterocycles. The summed E-state index contributed by atoms with van der Waals surface area (Å²) in [6, 6.07) is 0. The van der Waals surface area contributed by atoms with Crippen molar-refractivity contribution in [2.45, 2.75) is 37.4 Å². The molecule has 0 aromatic rings. The molecule has 17 heavy (non-hydrogen) atoms. The molecule has 1 N–H and O–H groups in total. The van der Waals surface area contributed by atoms with E-state index in [1.807, 2.05) is 0 Å². The summed E-state index contributed by atoms with van der Waals surface area (Å²) in [5, 5.41) is 8.68. The molecule has 0 aromatic carbocycles. The van der Waals surface area contributed by atoms with Gasteiger partial charge in [0.05, 0.1) is 18.1 Å². The number of carboxylic acids is 1. The van der Waals surface area contributed by atoms with Gasteiger partial charge in [0.2, 0.25) is 0 Å². The Bertz CT molecular complexity index is 284. The number of methoxy groups -OCH3 is 1. The van der Waals surface area contributed by atoms with Crippen LogP contribution in [0.1, 0.15) is 25.7 Å². The van der Waals surface area contributed by atoms with Gasteiger partial charge in [-0.1, -0.05) is 0 Å². The zero-order valence-electron chi connectivity index (χ0n) is 10.4. The molecule has 5 heteroatoms. The Morgan fingerprint density at radius 2 is 2.47 bits per heavy atom. The molecule has 5 nitrogen and oxygen atoms in total. The van der Waals surface area contributed by atoms with E-state index in [9.17, 15) is 4.79 Å². The summed E-state index contributed by atoms with van der Waals surface area (Å²) >= 11 is 0. The number of likely N-dealkylation sites (tertiary alicyclic amines) is 1. The number of rotatable bonds is 4. The molecule has 2 atom stereocenters. The molecule has 0 bridgehead atoms. The third-order valence-corrected chi connectivity index (χ3v) is 3.82. The number of nitrogens with zero attached hydrogens (tertiary/aromatic N) is 1. The molecule has 0 saturated carbocycles. The van der Waals surface area contributed by atoms with Crippen molar-refractivity contribution in [2.75, 3.05) is 33.4 Å². The molecule has 1 spiro atoms. The van der Waals surface area contributed by atoms with E-state index in [-0.39, 0.29) is 12.0 Å². The monoisotopic (exact) mass is 243 g/mol. The van der Waals surface area contributed by atoms with Crippen LogP contribution in [-0.2, 0) is 14.3 Å². The van der Waals surface area contributed by atoms with Crippen LogP contribution in [0, 0.1) is 0 Å². The minimum absolute atomic E-state index is 0.0859. The summed E-state index contributed by atoms with van der Waals surface area (Å²) < 4.78 is 11.3. The molecule has 2 aliphatic rings. The molecule has 2 unspecified atom stereocenters. The lowest BCUT2D eigenvalue weighted by atomic mass is 9.91. The molecule has 2 rings (SSSR count). The highest BCUT2D eigenvalue weighted by Crippen LogP contribution is 2.35. The maximum atomic E-state index is 10.5. The lowest BCUT2D eigenvalue weighted by molar-refractivity contribution is -0.137. The van der Waals surface area contributed by atoms with Crippen molar-refractivity contribution in [1.29, 1.82) is 0 Å². The molecule has 98 valence electrons. The SMILES string of the molecule is COC1CCOC2(CCN(CCC(=O)O)C2)C1. The Morgan fingerprint density at radius 3 is 3.18 bits per heavy atom. The minimum Gasteiger partial charge on any atom is -0.481 e. The zero-order valence-corrected chi connectivity index (χ0v) is 10.4. The van der Waals surface area contributed by atoms with E-state index >= 15 is 0 Å². The average Bonchev–Trinajstić information content (AvgIpc) is 2.70. The standard InChI is InChI=1S/C12H21NO4/c1-16-10-3-7-17-12(8-10)4-6-13(9-12)5-2-11(14)15/h10H,2-9H2,1H3,(H,14,15). The van der Waals surface area contributed by atoms with Crippen LogP contribution in [0.3, 0.4) is 0 Å². The first-order valence-electron chi connectivity index (χ1n) is 6.24. The molecule has 0 radical (unpaired) electrons. The zero-order chi connectivity index (χ0) is 12.3. The second-order valence-corrected chi connectivity index (χ2v) is 5.05. The Kier molecular flexibility index (Phi) is 4.01. The number of carbonyl (C=O) groups is 1. The Balaban J connectivity index is 1.84. The van der Waals surface area contributed by atoms with E-state index in [0.29, 0.717) is 12.6 Å². The Morgan fingerprint density at radius 1 is 1.65 bits per heavy atom. The molecule has 0 amide bonds. The molecule has 0 aromatic heterocycles. The Labute approximate surface area is 102 Å². The quantitative estimate of drug-likeness (QED) is 0.789. The molecular formula is C12H21NO4. The summed E-state index contributed by atoms with van der Waals surface area (Å²) in [6.45, 7) is 3.16. The van der Waals surface area contributed by atoms with Crippen LogP contribution in [0.25, 0.3) is 0 Å². The fraction of sp³-hybridized carbons (Fsp3) is 0.917. The second-order valence-electron chi connectivity index (χ2n) is 5.05. The van der Waals surface area contributed by atoms with Crippen LogP contribution < -0.4 is 0 Å². The molecule has 0 aliphatic carbocycles. The van der Waals surface area contributed by atoms with Gasteiger partial charge in [-0.15, -0.1) is 0 Å². The number of ether oxygens (including phenoxy) is 2. The Hall–Kier alpha value is -0.650. The van der Waals surface area contributed by atoms with Gasteiger partial charge < -0.3 is 14.6 Å². The van der Waals surface area contributed by atoms with Gasteiger partial charge in [-0.3, -0.25) is 9.69 Å². The van der Waals surface area contributed by atoms with Crippen LogP contribution in [0.2, 0.25) is 0 Å². The maximum Gasteiger partial charge on any atom is 0.304 e. The van der Waals surface area contributed by atoms with Crippen molar-refractivity contribution < 1.29 is 19.4 Å². The summed E-state index contributed by atoms with van der Waals surface area (Å²) in [6.07, 6.45) is 3.40. The minimum atomic E-state index is -0.731. The lowest BCUT2D eigenvalue weighted by Crippen LogP contribution is -2.44. The van der Waals surface area contributed by atoms with Gasteiger partial charge in [0, 0.05) is 39.8 Å². The lowest BCUT2D eigenvalue weighted by Gasteiger charge is -2.37. The molecule has 2 fully saturated rings. The van der Waals surface area contributed by atoms with Crippen LogP contribution in [0.4, 0.5) is 0 Å². The molecule has 2 saturated heterocycles. The van der Waals surface area contributed by atoms with Crippen molar-refractivity contribution in [2.24, 2.45) is 0 Å². The summed E-state index contributed by atoms with van der Waals surface area (Å²) in [5.74, 6) is -0.731. The van der Waals surface area contributed by atoms with Crippen LogP contribution in [0.5, 0.6) is 0 Å². The molecule has 2 aliphatic heterocycles. The van der Waals surface area contributed by atoms with Crippen molar-refractivity contribution in [1.82, 2.24) is 4.90 Å². The van der Waals surface area contributed by atoms with Crippen LogP contribution in [-0.4, -0.2) is 61.0 Å². The summed E-state index contributed by atoms with van der Waals surface area (Å²) in [7, 11) is 1.75. The first-order valence-corrected chi connectivity index (χ1v) is 6.24. The first kappa shape index (κ1) is 12.8. The van der Waals surface area contributed by atoms with Gasteiger partial charge in [-0.25, -0.2) is 0 Å².